The van der Waals surface area contributed by atoms with Crippen molar-refractivity contribution in [3.63, 3.8) is 0 Å². The summed E-state index contributed by atoms with van der Waals surface area (Å²) in [6.45, 7) is 1.74. The predicted octanol–water partition coefficient (Wildman–Crippen LogP) is 3.49. The van der Waals surface area contributed by atoms with Crippen molar-refractivity contribution >= 4 is 22.0 Å². The highest BCUT2D eigenvalue weighted by atomic mass is 79.9. The van der Waals surface area contributed by atoms with Crippen LogP contribution >= 0.6 is 15.9 Å². The zero-order chi connectivity index (χ0) is 13.7. The lowest BCUT2D eigenvalue weighted by Crippen LogP contribution is -1.97. The van der Waals surface area contributed by atoms with Crippen LogP contribution in [-0.4, -0.2) is 19.1 Å². The van der Waals surface area contributed by atoms with E-state index in [1.807, 2.05) is 0 Å². The molecule has 1 aromatic carbocycles. The second-order valence-corrected chi connectivity index (χ2v) is 4.33. The van der Waals surface area contributed by atoms with Gasteiger partial charge in [0.1, 0.15) is 0 Å². The average molecular weight is 316 g/mol. The summed E-state index contributed by atoms with van der Waals surface area (Å²) in [7, 11) is 3.06. The number of ether oxygens (including phenoxy) is 2. The van der Waals surface area contributed by atoms with Crippen molar-refractivity contribution in [3.8, 4) is 11.5 Å². The molecule has 0 saturated heterocycles. The second-order valence-electron chi connectivity index (χ2n) is 3.48. The predicted molar refractivity (Wildman–Crippen MR) is 72.5 cm³/mol. The maximum absolute atomic E-state index is 10.8. The lowest BCUT2D eigenvalue weighted by Gasteiger charge is -2.09. The van der Waals surface area contributed by atoms with Crippen molar-refractivity contribution in [1.82, 2.24) is 0 Å². The molecule has 0 amide bonds. The monoisotopic (exact) mass is 315 g/mol. The Labute approximate surface area is 114 Å². The summed E-state index contributed by atoms with van der Waals surface area (Å²) in [6.07, 6.45) is 1.87. The molecule has 0 fully saturated rings. The van der Waals surface area contributed by atoms with E-state index < -0.39 is 0 Å². The third-order valence-corrected chi connectivity index (χ3v) is 3.11. The molecule has 18 heavy (non-hydrogen) atoms. The van der Waals surface area contributed by atoms with Crippen LogP contribution in [0.3, 0.4) is 0 Å². The normalized spacial score (nSPS) is 11.2. The lowest BCUT2D eigenvalue weighted by atomic mass is 10.1. The quantitative estimate of drug-likeness (QED) is 0.616. The summed E-state index contributed by atoms with van der Waals surface area (Å²) in [6, 6.07) is 3.42. The number of halogens is 1. The molecule has 0 aliphatic carbocycles. The number of rotatable bonds is 5. The van der Waals surface area contributed by atoms with Gasteiger partial charge in [0.2, 0.25) is 5.70 Å². The highest BCUT2D eigenvalue weighted by Crippen LogP contribution is 2.34. The van der Waals surface area contributed by atoms with Crippen molar-refractivity contribution in [2.45, 2.75) is 13.3 Å². The number of methoxy groups -OCH3 is 2. The Hall–Kier alpha value is -1.56. The molecule has 0 aliphatic rings. The molecular weight excluding hydrogens is 302 g/mol. The highest BCUT2D eigenvalue weighted by Gasteiger charge is 2.12. The van der Waals surface area contributed by atoms with E-state index in [2.05, 4.69) is 15.9 Å². The maximum atomic E-state index is 10.8. The van der Waals surface area contributed by atoms with E-state index >= 15 is 0 Å². The van der Waals surface area contributed by atoms with Crippen molar-refractivity contribution < 1.29 is 14.4 Å². The van der Waals surface area contributed by atoms with Gasteiger partial charge >= 0.3 is 0 Å². The molecule has 6 heteroatoms. The van der Waals surface area contributed by atoms with Crippen LogP contribution in [0.25, 0.3) is 6.08 Å². The van der Waals surface area contributed by atoms with Crippen LogP contribution < -0.4 is 9.47 Å². The summed E-state index contributed by atoms with van der Waals surface area (Å²) in [4.78, 5) is 10.4. The summed E-state index contributed by atoms with van der Waals surface area (Å²) < 4.78 is 11.0. The van der Waals surface area contributed by atoms with Gasteiger partial charge in [0.15, 0.2) is 11.5 Å². The standard InChI is InChI=1S/C12H14BrNO4/c1-4-9(14(15)16)5-8-6-11(17-2)12(18-3)7-10(8)13/h5-7H,4H2,1-3H3/b9-5+. The number of nitrogens with zero attached hydrogens (tertiary/aromatic N) is 1. The van der Waals surface area contributed by atoms with Gasteiger partial charge in [-0.2, -0.15) is 0 Å². The number of hydrogen-bond donors (Lipinski definition) is 0. The SMILES string of the molecule is CC/C(=C\c1cc(OC)c(OC)cc1Br)[N+](=O)[O-]. The minimum absolute atomic E-state index is 0.142. The Morgan fingerprint density at radius 2 is 1.94 bits per heavy atom. The van der Waals surface area contributed by atoms with Gasteiger partial charge < -0.3 is 9.47 Å². The maximum Gasteiger partial charge on any atom is 0.246 e. The number of allylic oxidation sites excluding steroid dienone is 1. The molecule has 1 rings (SSSR count). The topological polar surface area (TPSA) is 61.6 Å². The lowest BCUT2D eigenvalue weighted by molar-refractivity contribution is -0.425. The Morgan fingerprint density at radius 3 is 2.39 bits per heavy atom. The minimum atomic E-state index is -0.386. The fraction of sp³-hybridized carbons (Fsp3) is 0.333. The molecule has 0 heterocycles. The number of hydrogen-bond acceptors (Lipinski definition) is 4. The van der Waals surface area contributed by atoms with E-state index in [-0.39, 0.29) is 10.6 Å². The van der Waals surface area contributed by atoms with Gasteiger partial charge in [-0.3, -0.25) is 10.1 Å². The smallest absolute Gasteiger partial charge is 0.246 e. The molecule has 0 aliphatic heterocycles. The minimum Gasteiger partial charge on any atom is -0.493 e. The van der Waals surface area contributed by atoms with Gasteiger partial charge in [-0.25, -0.2) is 0 Å². The van der Waals surface area contributed by atoms with Crippen molar-refractivity contribution in [1.29, 1.82) is 0 Å². The molecular formula is C12H14BrNO4. The van der Waals surface area contributed by atoms with Crippen molar-refractivity contribution in [2.24, 2.45) is 0 Å². The molecule has 0 unspecified atom stereocenters. The molecule has 0 N–H and O–H groups in total. The van der Waals surface area contributed by atoms with Crippen LogP contribution in [0.4, 0.5) is 0 Å². The number of nitro groups is 1. The molecule has 0 radical (unpaired) electrons. The molecule has 0 saturated carbocycles. The summed E-state index contributed by atoms with van der Waals surface area (Å²) in [5, 5.41) is 10.8. The molecule has 1 aromatic rings. The number of benzene rings is 1. The molecule has 0 aromatic heterocycles. The van der Waals surface area contributed by atoms with E-state index in [0.29, 0.717) is 28.0 Å². The van der Waals surface area contributed by atoms with Crippen LogP contribution in [0.2, 0.25) is 0 Å². The largest absolute Gasteiger partial charge is 0.493 e. The first-order valence-electron chi connectivity index (χ1n) is 5.30. The average Bonchev–Trinajstić information content (AvgIpc) is 2.36. The van der Waals surface area contributed by atoms with Gasteiger partial charge in [-0.15, -0.1) is 0 Å². The van der Waals surface area contributed by atoms with Gasteiger partial charge in [-0.05, 0) is 17.7 Å². The van der Waals surface area contributed by atoms with Crippen LogP contribution in [0.1, 0.15) is 18.9 Å². The Morgan fingerprint density at radius 1 is 1.39 bits per heavy atom. The van der Waals surface area contributed by atoms with E-state index in [0.717, 1.165) is 0 Å². The molecule has 0 atom stereocenters. The van der Waals surface area contributed by atoms with Crippen molar-refractivity contribution in [3.05, 3.63) is 38.0 Å². The third kappa shape index (κ3) is 3.22. The van der Waals surface area contributed by atoms with Gasteiger partial charge in [0.25, 0.3) is 0 Å². The third-order valence-electron chi connectivity index (χ3n) is 2.42. The van der Waals surface area contributed by atoms with Crippen LogP contribution in [0.5, 0.6) is 11.5 Å². The zero-order valence-corrected chi connectivity index (χ0v) is 12.0. The van der Waals surface area contributed by atoms with Gasteiger partial charge in [0, 0.05) is 17.0 Å². The first kappa shape index (κ1) is 14.5. The van der Waals surface area contributed by atoms with Crippen LogP contribution in [-0.2, 0) is 0 Å². The molecule has 5 nitrogen and oxygen atoms in total. The first-order valence-corrected chi connectivity index (χ1v) is 6.09. The summed E-state index contributed by atoms with van der Waals surface area (Å²) >= 11 is 3.36. The van der Waals surface area contributed by atoms with E-state index in [1.165, 1.54) is 20.3 Å². The van der Waals surface area contributed by atoms with Crippen molar-refractivity contribution in [2.75, 3.05) is 14.2 Å². The first-order chi connectivity index (χ1) is 8.53. The van der Waals surface area contributed by atoms with Gasteiger partial charge in [-0.1, -0.05) is 22.9 Å². The second kappa shape index (κ2) is 6.39. The van der Waals surface area contributed by atoms with E-state index in [1.54, 1.807) is 19.1 Å². The summed E-state index contributed by atoms with van der Waals surface area (Å²) in [5.41, 5.74) is 0.823. The van der Waals surface area contributed by atoms with Crippen LogP contribution in [0, 0.1) is 10.1 Å². The Bertz CT molecular complexity index is 485. The molecule has 0 spiro atoms. The van der Waals surface area contributed by atoms with E-state index in [9.17, 15) is 10.1 Å². The van der Waals surface area contributed by atoms with Crippen LogP contribution in [0.15, 0.2) is 22.3 Å². The van der Waals surface area contributed by atoms with Gasteiger partial charge in [0.05, 0.1) is 19.1 Å². The Balaban J connectivity index is 3.29. The molecule has 98 valence electrons. The highest BCUT2D eigenvalue weighted by molar-refractivity contribution is 9.10. The van der Waals surface area contributed by atoms with E-state index in [4.69, 9.17) is 9.47 Å². The Kier molecular flexibility index (Phi) is 5.15. The fourth-order valence-corrected chi connectivity index (χ4v) is 1.88. The zero-order valence-electron chi connectivity index (χ0n) is 10.4. The fourth-order valence-electron chi connectivity index (χ4n) is 1.44. The molecule has 0 bridgehead atoms. The summed E-state index contributed by atoms with van der Waals surface area (Å²) in [5.74, 6) is 1.10.